The molecular formula is C11H10ClN5O4. The van der Waals surface area contributed by atoms with Gasteiger partial charge in [-0.3, -0.25) is 10.1 Å². The molecular weight excluding hydrogens is 302 g/mol. The van der Waals surface area contributed by atoms with Gasteiger partial charge in [0.2, 0.25) is 0 Å². The summed E-state index contributed by atoms with van der Waals surface area (Å²) in [6.07, 6.45) is 1.30. The summed E-state index contributed by atoms with van der Waals surface area (Å²) in [4.78, 5) is 20.5. The molecule has 10 heteroatoms. The Hall–Kier alpha value is -2.68. The Morgan fingerprint density at radius 1 is 1.33 bits per heavy atom. The maximum atomic E-state index is 11.0. The number of nitrogens with zero attached hydrogens (tertiary/aromatic N) is 4. The molecule has 2 aromatic rings. The van der Waals surface area contributed by atoms with Gasteiger partial charge in [-0.05, 0) is 4.92 Å². The van der Waals surface area contributed by atoms with Gasteiger partial charge in [0.25, 0.3) is 5.69 Å². The lowest BCUT2D eigenvalue weighted by Gasteiger charge is -2.08. The average molecular weight is 312 g/mol. The van der Waals surface area contributed by atoms with Crippen LogP contribution in [0.15, 0.2) is 24.4 Å². The zero-order valence-corrected chi connectivity index (χ0v) is 11.6. The number of anilines is 1. The highest BCUT2D eigenvalue weighted by atomic mass is 35.5. The fraction of sp³-hybridized carbons (Fsp3) is 0.182. The lowest BCUT2D eigenvalue weighted by Crippen LogP contribution is -2.06. The van der Waals surface area contributed by atoms with Gasteiger partial charge in [-0.15, -0.1) is 0 Å². The van der Waals surface area contributed by atoms with Crippen LogP contribution in [0.1, 0.15) is 5.56 Å². The zero-order chi connectivity index (χ0) is 15.6. The SMILES string of the molecule is CNc1c(Cn2cc(Cl)c([N+](=O)[O-])n2)cccc1[N+](=O)[O-]. The van der Waals surface area contributed by atoms with Crippen molar-refractivity contribution in [3.05, 3.63) is 55.2 Å². The second-order valence-electron chi connectivity index (χ2n) is 4.07. The summed E-state index contributed by atoms with van der Waals surface area (Å²) in [5, 5.41) is 28.1. The predicted molar refractivity (Wildman–Crippen MR) is 75.6 cm³/mol. The first-order valence-electron chi connectivity index (χ1n) is 5.75. The van der Waals surface area contributed by atoms with Crippen LogP contribution in [0.4, 0.5) is 17.2 Å². The first-order valence-corrected chi connectivity index (χ1v) is 6.13. The minimum atomic E-state index is -0.689. The standard InChI is InChI=1S/C11H10ClN5O4/c1-13-10-7(3-2-4-9(10)16(18)19)5-15-6-8(12)11(14-15)17(20)21/h2-4,6,13H,5H2,1H3. The Bertz CT molecular complexity index is 715. The molecule has 1 N–H and O–H groups in total. The van der Waals surface area contributed by atoms with Crippen LogP contribution in [-0.2, 0) is 6.54 Å². The fourth-order valence-corrected chi connectivity index (χ4v) is 2.14. The van der Waals surface area contributed by atoms with Crippen LogP contribution in [0.3, 0.4) is 0 Å². The van der Waals surface area contributed by atoms with E-state index in [1.165, 1.54) is 23.0 Å². The van der Waals surface area contributed by atoms with E-state index in [0.717, 1.165) is 0 Å². The molecule has 1 heterocycles. The van der Waals surface area contributed by atoms with Crippen molar-refractivity contribution in [1.29, 1.82) is 0 Å². The van der Waals surface area contributed by atoms with Crippen molar-refractivity contribution in [3.8, 4) is 0 Å². The number of nitro benzene ring substituents is 1. The molecule has 0 saturated heterocycles. The molecule has 0 unspecified atom stereocenters. The van der Waals surface area contributed by atoms with Crippen molar-refractivity contribution in [2.45, 2.75) is 6.54 Å². The molecule has 9 nitrogen and oxygen atoms in total. The molecule has 0 radical (unpaired) electrons. The maximum Gasteiger partial charge on any atom is 0.408 e. The van der Waals surface area contributed by atoms with Gasteiger partial charge in [0.1, 0.15) is 5.69 Å². The number of nitro groups is 2. The predicted octanol–water partition coefficient (Wildman–Crippen LogP) is 2.44. The monoisotopic (exact) mass is 311 g/mol. The second-order valence-corrected chi connectivity index (χ2v) is 4.48. The van der Waals surface area contributed by atoms with E-state index in [1.54, 1.807) is 13.1 Å². The van der Waals surface area contributed by atoms with Crippen LogP contribution < -0.4 is 5.32 Å². The highest BCUT2D eigenvalue weighted by Crippen LogP contribution is 2.29. The minimum Gasteiger partial charge on any atom is -0.382 e. The van der Waals surface area contributed by atoms with Gasteiger partial charge in [-0.25, -0.2) is 0 Å². The minimum absolute atomic E-state index is 0.0808. The fourth-order valence-electron chi connectivity index (χ4n) is 1.93. The number of para-hydroxylation sites is 1. The van der Waals surface area contributed by atoms with Crippen LogP contribution in [0.2, 0.25) is 5.02 Å². The van der Waals surface area contributed by atoms with Crippen LogP contribution in [-0.4, -0.2) is 26.7 Å². The van der Waals surface area contributed by atoms with E-state index < -0.39 is 15.7 Å². The van der Waals surface area contributed by atoms with Crippen molar-refractivity contribution in [1.82, 2.24) is 9.78 Å². The van der Waals surface area contributed by atoms with Crippen LogP contribution >= 0.6 is 11.6 Å². The molecule has 0 bridgehead atoms. The number of hydrogen-bond acceptors (Lipinski definition) is 6. The van der Waals surface area contributed by atoms with E-state index in [9.17, 15) is 20.2 Å². The van der Waals surface area contributed by atoms with E-state index in [1.807, 2.05) is 0 Å². The van der Waals surface area contributed by atoms with Gasteiger partial charge < -0.3 is 15.4 Å². The summed E-state index contributed by atoms with van der Waals surface area (Å²) in [6, 6.07) is 4.57. The lowest BCUT2D eigenvalue weighted by molar-refractivity contribution is -0.389. The number of benzene rings is 1. The summed E-state index contributed by atoms with van der Waals surface area (Å²) in [5.74, 6) is -0.451. The van der Waals surface area contributed by atoms with Gasteiger partial charge in [-0.2, -0.15) is 4.68 Å². The highest BCUT2D eigenvalue weighted by molar-refractivity contribution is 6.32. The summed E-state index contributed by atoms with van der Waals surface area (Å²) in [7, 11) is 1.56. The summed E-state index contributed by atoms with van der Waals surface area (Å²) in [6.45, 7) is 0.116. The molecule has 0 aliphatic rings. The molecule has 0 atom stereocenters. The van der Waals surface area contributed by atoms with Gasteiger partial charge in [-0.1, -0.05) is 23.7 Å². The van der Waals surface area contributed by atoms with Crippen molar-refractivity contribution >= 4 is 28.8 Å². The quantitative estimate of drug-likeness (QED) is 0.669. The summed E-state index contributed by atoms with van der Waals surface area (Å²) < 4.78 is 1.26. The topological polar surface area (TPSA) is 116 Å². The second kappa shape index (κ2) is 5.75. The molecule has 21 heavy (non-hydrogen) atoms. The largest absolute Gasteiger partial charge is 0.408 e. The van der Waals surface area contributed by atoms with Crippen molar-refractivity contribution in [2.75, 3.05) is 12.4 Å². The Morgan fingerprint density at radius 2 is 2.05 bits per heavy atom. The van der Waals surface area contributed by atoms with E-state index in [4.69, 9.17) is 11.6 Å². The Balaban J connectivity index is 2.40. The molecule has 0 aliphatic carbocycles. The van der Waals surface area contributed by atoms with Crippen molar-refractivity contribution < 1.29 is 9.85 Å². The maximum absolute atomic E-state index is 11.0. The molecule has 0 fully saturated rings. The van der Waals surface area contributed by atoms with Crippen LogP contribution in [0.25, 0.3) is 0 Å². The van der Waals surface area contributed by atoms with Gasteiger partial charge in [0, 0.05) is 18.7 Å². The molecule has 0 aliphatic heterocycles. The first-order chi connectivity index (χ1) is 9.93. The van der Waals surface area contributed by atoms with Gasteiger partial charge in [0.05, 0.1) is 22.8 Å². The molecule has 2 rings (SSSR count). The third-order valence-electron chi connectivity index (χ3n) is 2.78. The third-order valence-corrected chi connectivity index (χ3v) is 3.05. The van der Waals surface area contributed by atoms with Crippen molar-refractivity contribution in [3.63, 3.8) is 0 Å². The smallest absolute Gasteiger partial charge is 0.382 e. The van der Waals surface area contributed by atoms with Crippen molar-refractivity contribution in [2.24, 2.45) is 0 Å². The molecule has 110 valence electrons. The third kappa shape index (κ3) is 2.92. The molecule has 0 spiro atoms. The molecule has 1 aromatic heterocycles. The van der Waals surface area contributed by atoms with E-state index in [-0.39, 0.29) is 17.3 Å². The zero-order valence-electron chi connectivity index (χ0n) is 10.8. The van der Waals surface area contributed by atoms with Gasteiger partial charge in [0.15, 0.2) is 5.02 Å². The molecule has 1 aromatic carbocycles. The summed E-state index contributed by atoms with van der Waals surface area (Å²) in [5.41, 5.74) is 0.820. The number of nitrogens with one attached hydrogen (secondary N) is 1. The number of rotatable bonds is 5. The summed E-state index contributed by atoms with van der Waals surface area (Å²) >= 11 is 5.71. The van der Waals surface area contributed by atoms with E-state index in [2.05, 4.69) is 10.4 Å². The van der Waals surface area contributed by atoms with Gasteiger partial charge >= 0.3 is 5.82 Å². The molecule has 0 saturated carbocycles. The van der Waals surface area contributed by atoms with Crippen LogP contribution in [0.5, 0.6) is 0 Å². The number of aromatic nitrogens is 2. The average Bonchev–Trinajstić information content (AvgIpc) is 2.79. The Morgan fingerprint density at radius 3 is 2.57 bits per heavy atom. The number of halogens is 1. The Labute approximate surface area is 123 Å². The lowest BCUT2D eigenvalue weighted by atomic mass is 10.1. The van der Waals surface area contributed by atoms with E-state index >= 15 is 0 Å². The highest BCUT2D eigenvalue weighted by Gasteiger charge is 2.21. The van der Waals surface area contributed by atoms with Crippen LogP contribution in [0, 0.1) is 20.2 Å². The normalized spacial score (nSPS) is 10.4. The number of hydrogen-bond donors (Lipinski definition) is 1. The van der Waals surface area contributed by atoms with E-state index in [0.29, 0.717) is 11.3 Å². The molecule has 0 amide bonds. The first kappa shape index (κ1) is 14.7. The Kier molecular flexibility index (Phi) is 4.03.